The second kappa shape index (κ2) is 4.90. The van der Waals surface area contributed by atoms with Crippen LogP contribution in [0.1, 0.15) is 26.3 Å². The molecule has 1 heterocycles. The number of para-hydroxylation sites is 1. The van der Waals surface area contributed by atoms with Gasteiger partial charge in [0.05, 0.1) is 5.69 Å². The molecule has 0 aliphatic carbocycles. The number of rotatable bonds is 1. The maximum Gasteiger partial charge on any atom is 0.334 e. The predicted molar refractivity (Wildman–Crippen MR) is 76.3 cm³/mol. The first-order chi connectivity index (χ1) is 9.23. The number of nitrogens with zero attached hydrogens (tertiary/aromatic N) is 1. The highest BCUT2D eigenvalue weighted by molar-refractivity contribution is 6.29. The first-order valence-corrected chi connectivity index (χ1v) is 6.41. The van der Waals surface area contributed by atoms with Crippen molar-refractivity contribution in [3.8, 4) is 5.69 Å². The van der Waals surface area contributed by atoms with E-state index in [1.54, 1.807) is 24.3 Å². The van der Waals surface area contributed by atoms with Crippen molar-refractivity contribution in [2.24, 2.45) is 0 Å². The highest BCUT2D eigenvalue weighted by atomic mass is 35.5. The lowest BCUT2D eigenvalue weighted by Crippen LogP contribution is -2.37. The van der Waals surface area contributed by atoms with Gasteiger partial charge in [-0.3, -0.25) is 9.78 Å². The molecule has 6 heteroatoms. The van der Waals surface area contributed by atoms with Crippen LogP contribution in [0.5, 0.6) is 0 Å². The van der Waals surface area contributed by atoms with Crippen molar-refractivity contribution in [3.63, 3.8) is 0 Å². The number of hydrogen-bond acceptors (Lipinski definition) is 2. The minimum Gasteiger partial charge on any atom is -0.295 e. The van der Waals surface area contributed by atoms with E-state index < -0.39 is 22.2 Å². The Morgan fingerprint density at radius 1 is 1.20 bits per heavy atom. The van der Waals surface area contributed by atoms with E-state index in [-0.39, 0.29) is 5.41 Å². The number of aromatic nitrogens is 2. The van der Waals surface area contributed by atoms with Gasteiger partial charge in [0.25, 0.3) is 5.56 Å². The van der Waals surface area contributed by atoms with E-state index in [4.69, 9.17) is 11.6 Å². The number of aromatic amines is 1. The van der Waals surface area contributed by atoms with Gasteiger partial charge in [0.15, 0.2) is 5.15 Å². The Labute approximate surface area is 119 Å². The van der Waals surface area contributed by atoms with E-state index in [1.807, 2.05) is 20.8 Å². The van der Waals surface area contributed by atoms with Crippen molar-refractivity contribution >= 4 is 11.6 Å². The van der Waals surface area contributed by atoms with Gasteiger partial charge in [0.1, 0.15) is 0 Å². The average molecular weight is 297 g/mol. The summed E-state index contributed by atoms with van der Waals surface area (Å²) in [7, 11) is 0. The number of H-pyrrole nitrogens is 1. The molecule has 2 rings (SSSR count). The van der Waals surface area contributed by atoms with E-state index in [0.29, 0.717) is 5.69 Å². The van der Waals surface area contributed by atoms with Crippen LogP contribution < -0.4 is 11.2 Å². The predicted octanol–water partition coefficient (Wildman–Crippen LogP) is 2.62. The highest BCUT2D eigenvalue weighted by Crippen LogP contribution is 2.27. The van der Waals surface area contributed by atoms with Crippen LogP contribution >= 0.6 is 11.6 Å². The fourth-order valence-corrected chi connectivity index (χ4v) is 2.17. The summed E-state index contributed by atoms with van der Waals surface area (Å²) < 4.78 is 14.4. The zero-order chi connectivity index (χ0) is 15.1. The van der Waals surface area contributed by atoms with Gasteiger partial charge in [0, 0.05) is 0 Å². The smallest absolute Gasteiger partial charge is 0.295 e. The van der Waals surface area contributed by atoms with E-state index >= 15 is 0 Å². The monoisotopic (exact) mass is 296 g/mol. The summed E-state index contributed by atoms with van der Waals surface area (Å²) in [6, 6.07) is 6.89. The molecule has 1 aromatic carbocycles. The largest absolute Gasteiger partial charge is 0.334 e. The Balaban J connectivity index is 2.88. The molecule has 106 valence electrons. The Morgan fingerprint density at radius 2 is 1.80 bits per heavy atom. The molecule has 0 saturated heterocycles. The molecule has 1 N–H and O–H groups in total. The van der Waals surface area contributed by atoms with Crippen LogP contribution in [-0.2, 0) is 5.41 Å². The van der Waals surface area contributed by atoms with Crippen molar-refractivity contribution in [3.05, 3.63) is 61.6 Å². The summed E-state index contributed by atoms with van der Waals surface area (Å²) in [5.74, 6) is -1.17. The Kier molecular flexibility index (Phi) is 3.56. The van der Waals surface area contributed by atoms with Crippen molar-refractivity contribution in [1.82, 2.24) is 9.55 Å². The summed E-state index contributed by atoms with van der Waals surface area (Å²) in [5, 5.41) is -0.579. The lowest BCUT2D eigenvalue weighted by molar-refractivity contribution is 0.567. The van der Waals surface area contributed by atoms with Crippen LogP contribution in [0, 0.1) is 5.82 Å². The first-order valence-electron chi connectivity index (χ1n) is 6.03. The minimum absolute atomic E-state index is 0.307. The number of hydrogen-bond donors (Lipinski definition) is 1. The molecule has 20 heavy (non-hydrogen) atoms. The molecule has 0 fully saturated rings. The third-order valence-corrected chi connectivity index (χ3v) is 3.22. The number of nitrogens with one attached hydrogen (secondary N) is 1. The maximum atomic E-state index is 13.6. The highest BCUT2D eigenvalue weighted by Gasteiger charge is 2.22. The topological polar surface area (TPSA) is 54.9 Å². The van der Waals surface area contributed by atoms with Crippen LogP contribution in [0.25, 0.3) is 5.69 Å². The van der Waals surface area contributed by atoms with Crippen molar-refractivity contribution in [2.45, 2.75) is 26.2 Å². The average Bonchev–Trinajstić information content (AvgIpc) is 2.35. The molecular formula is C14H14ClFN2O2. The molecule has 0 spiro atoms. The summed E-state index contributed by atoms with van der Waals surface area (Å²) in [4.78, 5) is 26.0. The first kappa shape index (κ1) is 14.5. The summed E-state index contributed by atoms with van der Waals surface area (Å²) in [5.41, 5.74) is -1.02. The Morgan fingerprint density at radius 3 is 2.40 bits per heavy atom. The lowest BCUT2D eigenvalue weighted by Gasteiger charge is -2.23. The van der Waals surface area contributed by atoms with E-state index in [0.717, 1.165) is 10.1 Å². The second-order valence-electron chi connectivity index (χ2n) is 5.47. The molecule has 0 unspecified atom stereocenters. The molecule has 0 radical (unpaired) electrons. The van der Waals surface area contributed by atoms with Crippen LogP contribution in [0.2, 0.25) is 5.15 Å². The van der Waals surface area contributed by atoms with Gasteiger partial charge in [-0.1, -0.05) is 50.6 Å². The number of halogens is 2. The normalized spacial score (nSPS) is 11.7. The molecule has 0 saturated carbocycles. The van der Waals surface area contributed by atoms with Gasteiger partial charge in [0.2, 0.25) is 5.82 Å². The molecule has 0 bridgehead atoms. The minimum atomic E-state index is -1.17. The maximum absolute atomic E-state index is 13.6. The van der Waals surface area contributed by atoms with E-state index in [1.165, 1.54) is 0 Å². The molecule has 0 aliphatic heterocycles. The molecule has 2 aromatic rings. The zero-order valence-corrected chi connectivity index (χ0v) is 12.1. The van der Waals surface area contributed by atoms with Crippen LogP contribution in [0.15, 0.2) is 33.9 Å². The van der Waals surface area contributed by atoms with Gasteiger partial charge in [-0.2, -0.15) is 4.39 Å². The van der Waals surface area contributed by atoms with Gasteiger partial charge in [-0.05, 0) is 17.0 Å². The van der Waals surface area contributed by atoms with Crippen molar-refractivity contribution in [2.75, 3.05) is 0 Å². The Hall–Kier alpha value is -1.88. The van der Waals surface area contributed by atoms with Gasteiger partial charge in [-0.25, -0.2) is 9.36 Å². The molecule has 1 aromatic heterocycles. The molecule has 4 nitrogen and oxygen atoms in total. The third kappa shape index (κ3) is 2.41. The molecular weight excluding hydrogens is 283 g/mol. The molecule has 0 amide bonds. The summed E-state index contributed by atoms with van der Waals surface area (Å²) in [6.45, 7) is 5.83. The quantitative estimate of drug-likeness (QED) is 0.823. The van der Waals surface area contributed by atoms with Crippen molar-refractivity contribution < 1.29 is 4.39 Å². The van der Waals surface area contributed by atoms with Crippen LogP contribution in [0.3, 0.4) is 0 Å². The van der Waals surface area contributed by atoms with Crippen LogP contribution in [-0.4, -0.2) is 9.55 Å². The second-order valence-corrected chi connectivity index (χ2v) is 5.84. The standard InChI is InChI=1S/C14H14ClFN2O2/c1-14(2,3)8-6-4-5-7-9(8)18-12(19)10(16)11(15)17-13(18)20/h4-7H,1-3H3,(H,17,20). The number of benzene rings is 1. The van der Waals surface area contributed by atoms with E-state index in [2.05, 4.69) is 4.98 Å². The summed E-state index contributed by atoms with van der Waals surface area (Å²) >= 11 is 5.46. The molecule has 0 aliphatic rings. The SMILES string of the molecule is CC(C)(C)c1ccccc1-n1c(=O)[nH]c(Cl)c(F)c1=O. The Bertz CT molecular complexity index is 772. The van der Waals surface area contributed by atoms with Gasteiger partial charge < -0.3 is 0 Å². The van der Waals surface area contributed by atoms with Gasteiger partial charge >= 0.3 is 5.69 Å². The van der Waals surface area contributed by atoms with Gasteiger partial charge in [-0.15, -0.1) is 0 Å². The fraction of sp³-hybridized carbons (Fsp3) is 0.286. The lowest BCUT2D eigenvalue weighted by atomic mass is 9.86. The van der Waals surface area contributed by atoms with Crippen molar-refractivity contribution in [1.29, 1.82) is 0 Å². The zero-order valence-electron chi connectivity index (χ0n) is 11.3. The van der Waals surface area contributed by atoms with Crippen LogP contribution in [0.4, 0.5) is 4.39 Å². The summed E-state index contributed by atoms with van der Waals surface area (Å²) in [6.07, 6.45) is 0. The molecule has 0 atom stereocenters. The third-order valence-electron chi connectivity index (χ3n) is 2.96. The fourth-order valence-electron chi connectivity index (χ4n) is 2.01. The van der Waals surface area contributed by atoms with E-state index in [9.17, 15) is 14.0 Å².